The Hall–Kier alpha value is -2.11. The number of nitrogens with one attached hydrogen (secondary N) is 1. The van der Waals surface area contributed by atoms with Crippen LogP contribution in [-0.2, 0) is 14.9 Å². The van der Waals surface area contributed by atoms with E-state index in [0.29, 0.717) is 6.54 Å². The number of hydrogen-bond acceptors (Lipinski definition) is 4. The molecule has 1 aliphatic carbocycles. The SMILES string of the molecule is CO[C@H](CNC(=O)C1(c2cccs2)CCCC1)c1cc2ccccc2o1. The van der Waals surface area contributed by atoms with E-state index in [1.54, 1.807) is 18.4 Å². The van der Waals surface area contributed by atoms with Crippen molar-refractivity contribution >= 4 is 28.2 Å². The number of para-hydroxylation sites is 1. The number of thiophene rings is 1. The van der Waals surface area contributed by atoms with Gasteiger partial charge in [0.1, 0.15) is 17.4 Å². The first-order valence-corrected chi connectivity index (χ1v) is 9.94. The number of fused-ring (bicyclic) bond motifs is 1. The molecule has 26 heavy (non-hydrogen) atoms. The molecule has 0 aliphatic heterocycles. The van der Waals surface area contributed by atoms with Crippen LogP contribution >= 0.6 is 11.3 Å². The fourth-order valence-electron chi connectivity index (χ4n) is 3.93. The predicted octanol–water partition coefficient (Wildman–Crippen LogP) is 4.81. The molecule has 1 aliphatic rings. The Bertz CT molecular complexity index is 845. The highest BCUT2D eigenvalue weighted by molar-refractivity contribution is 7.10. The van der Waals surface area contributed by atoms with E-state index in [-0.39, 0.29) is 17.4 Å². The van der Waals surface area contributed by atoms with Crippen molar-refractivity contribution in [3.05, 3.63) is 58.5 Å². The van der Waals surface area contributed by atoms with Gasteiger partial charge in [-0.2, -0.15) is 0 Å². The Balaban J connectivity index is 1.50. The van der Waals surface area contributed by atoms with Crippen LogP contribution in [0.25, 0.3) is 11.0 Å². The molecule has 1 aromatic carbocycles. The molecule has 5 heteroatoms. The number of benzene rings is 1. The van der Waals surface area contributed by atoms with E-state index in [4.69, 9.17) is 9.15 Å². The van der Waals surface area contributed by atoms with Crippen molar-refractivity contribution < 1.29 is 13.9 Å². The normalized spacial score (nSPS) is 17.4. The number of methoxy groups -OCH3 is 1. The van der Waals surface area contributed by atoms with E-state index >= 15 is 0 Å². The number of hydrogen-bond donors (Lipinski definition) is 1. The Labute approximate surface area is 157 Å². The summed E-state index contributed by atoms with van der Waals surface area (Å²) >= 11 is 1.68. The minimum Gasteiger partial charge on any atom is -0.458 e. The Kier molecular flexibility index (Phi) is 4.83. The van der Waals surface area contributed by atoms with E-state index in [2.05, 4.69) is 16.8 Å². The van der Waals surface area contributed by atoms with Gasteiger partial charge in [0.05, 0.1) is 12.0 Å². The van der Waals surface area contributed by atoms with Gasteiger partial charge >= 0.3 is 0 Å². The van der Waals surface area contributed by atoms with Crippen LogP contribution in [0.3, 0.4) is 0 Å². The average molecular weight is 369 g/mol. The first kappa shape index (κ1) is 17.3. The molecule has 4 nitrogen and oxygen atoms in total. The highest BCUT2D eigenvalue weighted by Crippen LogP contribution is 2.43. The number of amides is 1. The molecule has 1 atom stereocenters. The van der Waals surface area contributed by atoms with Crippen LogP contribution in [0.2, 0.25) is 0 Å². The summed E-state index contributed by atoms with van der Waals surface area (Å²) in [4.78, 5) is 14.3. The average Bonchev–Trinajstić information content (AvgIpc) is 3.41. The van der Waals surface area contributed by atoms with Gasteiger partial charge in [-0.3, -0.25) is 4.79 Å². The zero-order valence-corrected chi connectivity index (χ0v) is 15.7. The van der Waals surface area contributed by atoms with Crippen LogP contribution in [0.1, 0.15) is 42.4 Å². The molecular weight excluding hydrogens is 346 g/mol. The maximum absolute atomic E-state index is 13.1. The highest BCUT2D eigenvalue weighted by atomic mass is 32.1. The van der Waals surface area contributed by atoms with E-state index in [1.165, 1.54) is 4.88 Å². The summed E-state index contributed by atoms with van der Waals surface area (Å²) in [7, 11) is 1.65. The van der Waals surface area contributed by atoms with Crippen LogP contribution in [0.5, 0.6) is 0 Å². The van der Waals surface area contributed by atoms with Gasteiger partial charge < -0.3 is 14.5 Å². The van der Waals surface area contributed by atoms with Crippen LogP contribution in [0, 0.1) is 0 Å². The van der Waals surface area contributed by atoms with Gasteiger partial charge in [0.2, 0.25) is 5.91 Å². The van der Waals surface area contributed by atoms with Gasteiger partial charge in [-0.1, -0.05) is 37.1 Å². The minimum atomic E-state index is -0.375. The third-order valence-corrected chi connectivity index (χ3v) is 6.45. The lowest BCUT2D eigenvalue weighted by molar-refractivity contribution is -0.127. The van der Waals surface area contributed by atoms with Gasteiger partial charge in [0, 0.05) is 17.4 Å². The summed E-state index contributed by atoms with van der Waals surface area (Å²) in [5, 5.41) is 6.22. The quantitative estimate of drug-likeness (QED) is 0.678. The van der Waals surface area contributed by atoms with Crippen molar-refractivity contribution in [2.75, 3.05) is 13.7 Å². The van der Waals surface area contributed by atoms with Crippen molar-refractivity contribution in [2.45, 2.75) is 37.2 Å². The molecule has 0 unspecified atom stereocenters. The summed E-state index contributed by atoms with van der Waals surface area (Å²) in [6, 6.07) is 14.0. The van der Waals surface area contributed by atoms with E-state index in [9.17, 15) is 4.79 Å². The monoisotopic (exact) mass is 369 g/mol. The number of carbonyl (C=O) groups is 1. The summed E-state index contributed by atoms with van der Waals surface area (Å²) in [6.45, 7) is 0.405. The second-order valence-corrected chi connectivity index (χ2v) is 7.84. The molecule has 0 spiro atoms. The van der Waals surface area contributed by atoms with Gasteiger partial charge in [-0.05, 0) is 36.4 Å². The Morgan fingerprint density at radius 3 is 2.77 bits per heavy atom. The van der Waals surface area contributed by atoms with Gasteiger partial charge in [-0.15, -0.1) is 11.3 Å². The second-order valence-electron chi connectivity index (χ2n) is 6.89. The zero-order valence-electron chi connectivity index (χ0n) is 14.9. The van der Waals surface area contributed by atoms with Gasteiger partial charge in [-0.25, -0.2) is 0 Å². The maximum Gasteiger partial charge on any atom is 0.231 e. The van der Waals surface area contributed by atoms with E-state index in [1.807, 2.05) is 36.4 Å². The smallest absolute Gasteiger partial charge is 0.231 e. The fourth-order valence-corrected chi connectivity index (χ4v) is 4.91. The van der Waals surface area contributed by atoms with Crippen molar-refractivity contribution in [1.82, 2.24) is 5.32 Å². The van der Waals surface area contributed by atoms with Crippen LogP contribution in [-0.4, -0.2) is 19.6 Å². The lowest BCUT2D eigenvalue weighted by atomic mass is 9.83. The van der Waals surface area contributed by atoms with E-state index in [0.717, 1.165) is 42.4 Å². The molecule has 1 amide bonds. The van der Waals surface area contributed by atoms with E-state index < -0.39 is 0 Å². The molecule has 2 aromatic heterocycles. The summed E-state index contributed by atoms with van der Waals surface area (Å²) < 4.78 is 11.5. The zero-order chi connectivity index (χ0) is 18.0. The molecule has 136 valence electrons. The molecule has 4 rings (SSSR count). The largest absolute Gasteiger partial charge is 0.458 e. The lowest BCUT2D eigenvalue weighted by Gasteiger charge is -2.27. The molecule has 2 heterocycles. The predicted molar refractivity (Wildman–Crippen MR) is 103 cm³/mol. The summed E-state index contributed by atoms with van der Waals surface area (Å²) in [6.07, 6.45) is 3.74. The maximum atomic E-state index is 13.1. The molecular formula is C21H23NO3S. The molecule has 1 fully saturated rings. The lowest BCUT2D eigenvalue weighted by Crippen LogP contribution is -2.43. The number of carbonyl (C=O) groups excluding carboxylic acids is 1. The number of rotatable bonds is 6. The fraction of sp³-hybridized carbons (Fsp3) is 0.381. The molecule has 1 saturated carbocycles. The molecule has 0 radical (unpaired) electrons. The summed E-state index contributed by atoms with van der Waals surface area (Å²) in [5.41, 5.74) is 0.460. The third-order valence-electron chi connectivity index (χ3n) is 5.38. The van der Waals surface area contributed by atoms with Crippen molar-refractivity contribution in [3.8, 4) is 0 Å². The van der Waals surface area contributed by atoms with Gasteiger partial charge in [0.15, 0.2) is 0 Å². The first-order valence-electron chi connectivity index (χ1n) is 9.06. The Morgan fingerprint density at radius 2 is 2.08 bits per heavy atom. The number of furan rings is 1. The number of ether oxygens (including phenoxy) is 1. The molecule has 0 bridgehead atoms. The van der Waals surface area contributed by atoms with Crippen molar-refractivity contribution in [1.29, 1.82) is 0 Å². The van der Waals surface area contributed by atoms with Gasteiger partial charge in [0.25, 0.3) is 0 Å². The molecule has 3 aromatic rings. The summed E-state index contributed by atoms with van der Waals surface area (Å²) in [5.74, 6) is 0.848. The molecule has 0 saturated heterocycles. The topological polar surface area (TPSA) is 51.5 Å². The Morgan fingerprint density at radius 1 is 1.27 bits per heavy atom. The van der Waals surface area contributed by atoms with Crippen LogP contribution in [0.4, 0.5) is 0 Å². The second kappa shape index (κ2) is 7.25. The van der Waals surface area contributed by atoms with Crippen LogP contribution < -0.4 is 5.32 Å². The van der Waals surface area contributed by atoms with Crippen molar-refractivity contribution in [3.63, 3.8) is 0 Å². The third kappa shape index (κ3) is 3.06. The standard InChI is InChI=1S/C21H23NO3S/c1-24-18(17-13-15-7-2-3-8-16(15)25-17)14-22-20(23)21(10-4-5-11-21)19-9-6-12-26-19/h2-3,6-9,12-13,18H,4-5,10-11,14H2,1H3,(H,22,23)/t18-/m1/s1. The molecule has 1 N–H and O–H groups in total. The highest BCUT2D eigenvalue weighted by Gasteiger charge is 2.43. The minimum absolute atomic E-state index is 0.107. The van der Waals surface area contributed by atoms with Crippen LogP contribution in [0.15, 0.2) is 52.3 Å². The van der Waals surface area contributed by atoms with Crippen molar-refractivity contribution in [2.24, 2.45) is 0 Å². The first-order chi connectivity index (χ1) is 12.7.